The van der Waals surface area contributed by atoms with E-state index < -0.39 is 0 Å². The zero-order valence-corrected chi connectivity index (χ0v) is 12.7. The molecule has 0 radical (unpaired) electrons. The third-order valence-electron chi connectivity index (χ3n) is 3.72. The summed E-state index contributed by atoms with van der Waals surface area (Å²) in [6, 6.07) is 8.57. The van der Waals surface area contributed by atoms with Gasteiger partial charge in [0.25, 0.3) is 0 Å². The first-order valence-corrected chi connectivity index (χ1v) is 7.40. The molecule has 1 aromatic carbocycles. The third kappa shape index (κ3) is 4.20. The molecule has 1 saturated heterocycles. The number of hydrogen-bond acceptors (Lipinski definition) is 4. The Morgan fingerprint density at radius 2 is 2.20 bits per heavy atom. The molecule has 4 nitrogen and oxygen atoms in total. The molecule has 1 aliphatic heterocycles. The van der Waals surface area contributed by atoms with Gasteiger partial charge in [-0.05, 0) is 38.5 Å². The number of morpholine rings is 1. The lowest BCUT2D eigenvalue weighted by Crippen LogP contribution is -2.47. The summed E-state index contributed by atoms with van der Waals surface area (Å²) in [5.74, 6) is 0.866. The molecule has 20 heavy (non-hydrogen) atoms. The van der Waals surface area contributed by atoms with E-state index in [-0.39, 0.29) is 12.1 Å². The van der Waals surface area contributed by atoms with Crippen LogP contribution in [0.15, 0.2) is 24.3 Å². The number of hydrogen-bond donors (Lipinski definition) is 1. The van der Waals surface area contributed by atoms with Crippen molar-refractivity contribution >= 4 is 0 Å². The van der Waals surface area contributed by atoms with Gasteiger partial charge in [-0.15, -0.1) is 0 Å². The van der Waals surface area contributed by atoms with Crippen LogP contribution in [-0.4, -0.2) is 43.3 Å². The van der Waals surface area contributed by atoms with E-state index in [1.54, 1.807) is 0 Å². The normalized spacial score (nSPS) is 21.9. The minimum atomic E-state index is 0.0286. The van der Waals surface area contributed by atoms with Crippen molar-refractivity contribution in [3.63, 3.8) is 0 Å². The fraction of sp³-hybridized carbons (Fsp3) is 0.625. The zero-order chi connectivity index (χ0) is 14.5. The Hall–Kier alpha value is -1.10. The van der Waals surface area contributed by atoms with Gasteiger partial charge in [-0.3, -0.25) is 4.90 Å². The number of benzene rings is 1. The minimum Gasteiger partial charge on any atom is -0.491 e. The molecule has 1 heterocycles. The molecule has 2 atom stereocenters. The van der Waals surface area contributed by atoms with Crippen molar-refractivity contribution < 1.29 is 9.47 Å². The number of rotatable bonds is 5. The summed E-state index contributed by atoms with van der Waals surface area (Å²) in [5.41, 5.74) is 6.98. The lowest BCUT2D eigenvalue weighted by atomic mass is 10.1. The molecule has 0 amide bonds. The second-order valence-corrected chi connectivity index (χ2v) is 5.75. The largest absolute Gasteiger partial charge is 0.491 e. The fourth-order valence-corrected chi connectivity index (χ4v) is 2.39. The van der Waals surface area contributed by atoms with E-state index in [9.17, 15) is 0 Å². The van der Waals surface area contributed by atoms with Crippen molar-refractivity contribution in [2.24, 2.45) is 5.73 Å². The van der Waals surface area contributed by atoms with Crippen LogP contribution >= 0.6 is 0 Å². The Labute approximate surface area is 121 Å². The molecule has 0 aliphatic carbocycles. The summed E-state index contributed by atoms with van der Waals surface area (Å²) in [6.45, 7) is 9.73. The van der Waals surface area contributed by atoms with Gasteiger partial charge in [0.1, 0.15) is 18.5 Å². The van der Waals surface area contributed by atoms with Crippen LogP contribution in [0, 0.1) is 0 Å². The highest BCUT2D eigenvalue weighted by Crippen LogP contribution is 2.18. The van der Waals surface area contributed by atoms with Crippen LogP contribution in [0.2, 0.25) is 0 Å². The highest BCUT2D eigenvalue weighted by Gasteiger charge is 2.22. The second-order valence-electron chi connectivity index (χ2n) is 5.75. The highest BCUT2D eigenvalue weighted by molar-refractivity contribution is 5.30. The fourth-order valence-electron chi connectivity index (χ4n) is 2.39. The van der Waals surface area contributed by atoms with E-state index in [4.69, 9.17) is 15.2 Å². The average Bonchev–Trinajstić information content (AvgIpc) is 2.45. The molecule has 2 rings (SSSR count). The summed E-state index contributed by atoms with van der Waals surface area (Å²) in [5, 5.41) is 0. The molecule has 0 spiro atoms. The van der Waals surface area contributed by atoms with E-state index in [1.165, 1.54) is 0 Å². The summed E-state index contributed by atoms with van der Waals surface area (Å²) in [7, 11) is 0. The van der Waals surface area contributed by atoms with Crippen molar-refractivity contribution in [3.05, 3.63) is 29.8 Å². The molecule has 0 saturated carbocycles. The topological polar surface area (TPSA) is 47.7 Å². The highest BCUT2D eigenvalue weighted by atomic mass is 16.5. The van der Waals surface area contributed by atoms with Crippen LogP contribution in [0.25, 0.3) is 0 Å². The summed E-state index contributed by atoms with van der Waals surface area (Å²) >= 11 is 0. The van der Waals surface area contributed by atoms with Crippen LogP contribution in [0.5, 0.6) is 5.75 Å². The first-order chi connectivity index (χ1) is 9.56. The van der Waals surface area contributed by atoms with Crippen LogP contribution < -0.4 is 10.5 Å². The lowest BCUT2D eigenvalue weighted by molar-refractivity contribution is -0.0564. The Bertz CT molecular complexity index is 421. The van der Waals surface area contributed by atoms with Gasteiger partial charge in [-0.25, -0.2) is 0 Å². The van der Waals surface area contributed by atoms with Crippen molar-refractivity contribution in [1.29, 1.82) is 0 Å². The Morgan fingerprint density at radius 3 is 2.90 bits per heavy atom. The van der Waals surface area contributed by atoms with Gasteiger partial charge in [0.15, 0.2) is 0 Å². The molecule has 1 fully saturated rings. The van der Waals surface area contributed by atoms with Crippen LogP contribution in [-0.2, 0) is 4.74 Å². The predicted molar refractivity (Wildman–Crippen MR) is 81.0 cm³/mol. The zero-order valence-electron chi connectivity index (χ0n) is 12.7. The standard InChI is InChI=1S/C16H26N2O2/c1-12(2)18-7-8-19-16(10-18)11-20-15-6-4-5-14(9-15)13(3)17/h4-6,9,12-13,16H,7-8,10-11,17H2,1-3H3/t13-,16?/m0/s1. The van der Waals surface area contributed by atoms with Crippen molar-refractivity contribution in [2.45, 2.75) is 39.0 Å². The molecular weight excluding hydrogens is 252 g/mol. The van der Waals surface area contributed by atoms with Crippen molar-refractivity contribution in [1.82, 2.24) is 4.90 Å². The maximum Gasteiger partial charge on any atom is 0.119 e. The molecule has 0 aromatic heterocycles. The average molecular weight is 278 g/mol. The molecule has 1 aliphatic rings. The van der Waals surface area contributed by atoms with E-state index in [1.807, 2.05) is 31.2 Å². The van der Waals surface area contributed by atoms with Gasteiger partial charge in [0.05, 0.1) is 6.61 Å². The Kier molecular flexibility index (Phi) is 5.40. The second kappa shape index (κ2) is 7.07. The van der Waals surface area contributed by atoms with Gasteiger partial charge in [-0.2, -0.15) is 0 Å². The van der Waals surface area contributed by atoms with Crippen molar-refractivity contribution in [3.8, 4) is 5.75 Å². The Morgan fingerprint density at radius 1 is 1.40 bits per heavy atom. The molecule has 2 N–H and O–H groups in total. The van der Waals surface area contributed by atoms with E-state index in [2.05, 4.69) is 18.7 Å². The third-order valence-corrected chi connectivity index (χ3v) is 3.72. The van der Waals surface area contributed by atoms with E-state index in [0.29, 0.717) is 12.6 Å². The summed E-state index contributed by atoms with van der Waals surface area (Å²) in [4.78, 5) is 2.43. The smallest absolute Gasteiger partial charge is 0.119 e. The number of ether oxygens (including phenoxy) is 2. The number of nitrogens with zero attached hydrogens (tertiary/aromatic N) is 1. The SMILES string of the molecule is CC(C)N1CCOC(COc2cccc([C@H](C)N)c2)C1. The maximum absolute atomic E-state index is 5.89. The van der Waals surface area contributed by atoms with Gasteiger partial charge < -0.3 is 15.2 Å². The van der Waals surface area contributed by atoms with E-state index in [0.717, 1.165) is 31.0 Å². The first kappa shape index (κ1) is 15.3. The van der Waals surface area contributed by atoms with Crippen LogP contribution in [0.4, 0.5) is 0 Å². The summed E-state index contributed by atoms with van der Waals surface area (Å²) in [6.07, 6.45) is 0.144. The summed E-state index contributed by atoms with van der Waals surface area (Å²) < 4.78 is 11.6. The van der Waals surface area contributed by atoms with Gasteiger partial charge in [0.2, 0.25) is 0 Å². The molecule has 1 unspecified atom stereocenters. The van der Waals surface area contributed by atoms with E-state index >= 15 is 0 Å². The Balaban J connectivity index is 1.87. The molecule has 4 heteroatoms. The van der Waals surface area contributed by atoms with Gasteiger partial charge in [-0.1, -0.05) is 12.1 Å². The molecular formula is C16H26N2O2. The maximum atomic E-state index is 5.89. The lowest BCUT2D eigenvalue weighted by Gasteiger charge is -2.35. The van der Waals surface area contributed by atoms with Gasteiger partial charge in [0, 0.05) is 25.2 Å². The molecule has 0 bridgehead atoms. The van der Waals surface area contributed by atoms with Crippen molar-refractivity contribution in [2.75, 3.05) is 26.3 Å². The molecule has 112 valence electrons. The quantitative estimate of drug-likeness (QED) is 0.897. The minimum absolute atomic E-state index is 0.0286. The monoisotopic (exact) mass is 278 g/mol. The van der Waals surface area contributed by atoms with Gasteiger partial charge >= 0.3 is 0 Å². The first-order valence-electron chi connectivity index (χ1n) is 7.40. The number of nitrogens with two attached hydrogens (primary N) is 1. The van der Waals surface area contributed by atoms with Crippen LogP contribution in [0.1, 0.15) is 32.4 Å². The van der Waals surface area contributed by atoms with Crippen LogP contribution in [0.3, 0.4) is 0 Å². The predicted octanol–water partition coefficient (Wildman–Crippen LogP) is 2.19. The molecule has 1 aromatic rings.